The molecule has 0 radical (unpaired) electrons. The molecule has 2 atom stereocenters. The summed E-state index contributed by atoms with van der Waals surface area (Å²) in [5.41, 5.74) is 4.84. The van der Waals surface area contributed by atoms with Gasteiger partial charge in [-0.15, -0.1) is 10.2 Å². The minimum absolute atomic E-state index is 0.173. The molecule has 0 aliphatic carbocycles. The molecule has 3 aromatic heterocycles. The van der Waals surface area contributed by atoms with Crippen molar-refractivity contribution in [2.75, 3.05) is 4.90 Å². The van der Waals surface area contributed by atoms with E-state index in [4.69, 9.17) is 12.2 Å². The molecular formula is C22H20FN7S. The van der Waals surface area contributed by atoms with Crippen molar-refractivity contribution >= 4 is 23.0 Å². The van der Waals surface area contributed by atoms with Gasteiger partial charge in [0.15, 0.2) is 5.11 Å². The molecule has 0 bridgehead atoms. The number of pyridine rings is 1. The summed E-state index contributed by atoms with van der Waals surface area (Å²) in [5, 5.41) is 11.9. The van der Waals surface area contributed by atoms with E-state index in [2.05, 4.69) is 38.2 Å². The van der Waals surface area contributed by atoms with Crippen LogP contribution in [0.4, 0.5) is 10.1 Å². The summed E-state index contributed by atoms with van der Waals surface area (Å²) < 4.78 is 17.5. The second kappa shape index (κ2) is 7.59. The average Bonchev–Trinajstić information content (AvgIpc) is 3.47. The van der Waals surface area contributed by atoms with Crippen LogP contribution in [-0.2, 0) is 0 Å². The maximum atomic E-state index is 13.6. The van der Waals surface area contributed by atoms with Gasteiger partial charge in [0.1, 0.15) is 18.5 Å². The number of anilines is 1. The van der Waals surface area contributed by atoms with Crippen molar-refractivity contribution in [2.24, 2.45) is 0 Å². The molecule has 0 saturated carbocycles. The van der Waals surface area contributed by atoms with Crippen LogP contribution in [0.15, 0.2) is 67.4 Å². The van der Waals surface area contributed by atoms with Crippen LogP contribution in [-0.4, -0.2) is 29.6 Å². The maximum absolute atomic E-state index is 13.6. The van der Waals surface area contributed by atoms with Crippen LogP contribution in [0.25, 0.3) is 0 Å². The monoisotopic (exact) mass is 433 g/mol. The van der Waals surface area contributed by atoms with E-state index in [1.807, 2.05) is 34.7 Å². The predicted octanol–water partition coefficient (Wildman–Crippen LogP) is 3.72. The molecule has 0 unspecified atom stereocenters. The Morgan fingerprint density at radius 3 is 2.45 bits per heavy atom. The van der Waals surface area contributed by atoms with Crippen LogP contribution in [0.2, 0.25) is 0 Å². The van der Waals surface area contributed by atoms with E-state index in [-0.39, 0.29) is 17.9 Å². The number of aromatic nitrogens is 5. The van der Waals surface area contributed by atoms with E-state index < -0.39 is 0 Å². The molecule has 4 aromatic rings. The Kier molecular flexibility index (Phi) is 4.74. The van der Waals surface area contributed by atoms with Crippen molar-refractivity contribution in [1.29, 1.82) is 0 Å². The molecule has 4 heterocycles. The number of hydrogen-bond acceptors (Lipinski definition) is 4. The van der Waals surface area contributed by atoms with Gasteiger partial charge >= 0.3 is 0 Å². The first kappa shape index (κ1) is 19.4. The van der Waals surface area contributed by atoms with Crippen molar-refractivity contribution in [2.45, 2.75) is 25.9 Å². The second-order valence-electron chi connectivity index (χ2n) is 7.45. The van der Waals surface area contributed by atoms with Crippen LogP contribution in [0.5, 0.6) is 0 Å². The van der Waals surface area contributed by atoms with Gasteiger partial charge in [-0.2, -0.15) is 0 Å². The standard InChI is InChI=1S/C22H20FN7S/c1-14-11-18(15(2)30(14)28-12-25-26-13-28)21-20(19-5-3-4-10-24-19)27-22(31)29(21)17-8-6-16(23)7-9-17/h3-13,20-21H,1-2H3,(H,27,31)/t20-,21+/m0/s1. The Morgan fingerprint density at radius 1 is 1.03 bits per heavy atom. The SMILES string of the molecule is Cc1cc([C@@H]2[C@H](c3ccccn3)NC(=S)N2c2ccc(F)cc2)c(C)n1-n1cnnc1. The molecule has 0 amide bonds. The van der Waals surface area contributed by atoms with Crippen LogP contribution in [0, 0.1) is 19.7 Å². The first-order valence-electron chi connectivity index (χ1n) is 9.85. The fourth-order valence-electron chi connectivity index (χ4n) is 4.28. The van der Waals surface area contributed by atoms with Gasteiger partial charge < -0.3 is 10.2 Å². The van der Waals surface area contributed by atoms with Gasteiger partial charge in [-0.3, -0.25) is 9.66 Å². The highest BCUT2D eigenvalue weighted by Crippen LogP contribution is 2.43. The Hall–Kier alpha value is -3.59. The normalized spacial score (nSPS) is 18.4. The molecule has 9 heteroatoms. The highest BCUT2D eigenvalue weighted by Gasteiger charge is 2.42. The zero-order valence-electron chi connectivity index (χ0n) is 17.0. The van der Waals surface area contributed by atoms with Crippen LogP contribution < -0.4 is 10.2 Å². The summed E-state index contributed by atoms with van der Waals surface area (Å²) in [5.74, 6) is -0.287. The van der Waals surface area contributed by atoms with E-state index in [9.17, 15) is 4.39 Å². The van der Waals surface area contributed by atoms with Crippen molar-refractivity contribution in [3.05, 3.63) is 95.8 Å². The summed E-state index contributed by atoms with van der Waals surface area (Å²) in [6.07, 6.45) is 5.10. The number of nitrogens with one attached hydrogen (secondary N) is 1. The number of thiocarbonyl (C=S) groups is 1. The molecule has 1 aliphatic rings. The summed E-state index contributed by atoms with van der Waals surface area (Å²) >= 11 is 5.73. The Labute approximate surface area is 184 Å². The van der Waals surface area contributed by atoms with E-state index in [1.165, 1.54) is 12.1 Å². The van der Waals surface area contributed by atoms with Crippen molar-refractivity contribution < 1.29 is 4.39 Å². The molecule has 1 aliphatic heterocycles. The first-order valence-corrected chi connectivity index (χ1v) is 10.3. The minimum atomic E-state index is -0.287. The number of nitrogens with zero attached hydrogens (tertiary/aromatic N) is 6. The minimum Gasteiger partial charge on any atom is -0.351 e. The lowest BCUT2D eigenvalue weighted by molar-refractivity contribution is 0.557. The molecule has 1 aromatic carbocycles. The van der Waals surface area contributed by atoms with Gasteiger partial charge in [-0.05, 0) is 68.5 Å². The summed E-state index contributed by atoms with van der Waals surface area (Å²) in [6, 6.07) is 14.0. The summed E-state index contributed by atoms with van der Waals surface area (Å²) in [4.78, 5) is 6.62. The van der Waals surface area contributed by atoms with Gasteiger partial charge in [0.2, 0.25) is 0 Å². The maximum Gasteiger partial charge on any atom is 0.174 e. The fraction of sp³-hybridized carbons (Fsp3) is 0.182. The van der Waals surface area contributed by atoms with Crippen LogP contribution >= 0.6 is 12.2 Å². The third-order valence-corrected chi connectivity index (χ3v) is 5.91. The topological polar surface area (TPSA) is 63.8 Å². The van der Waals surface area contributed by atoms with Gasteiger partial charge in [0.05, 0.1) is 17.8 Å². The van der Waals surface area contributed by atoms with E-state index >= 15 is 0 Å². The molecule has 5 rings (SSSR count). The molecule has 1 saturated heterocycles. The average molecular weight is 434 g/mol. The number of benzene rings is 1. The van der Waals surface area contributed by atoms with Crippen LogP contribution in [0.3, 0.4) is 0 Å². The molecule has 1 N–H and O–H groups in total. The molecule has 1 fully saturated rings. The van der Waals surface area contributed by atoms with E-state index in [0.29, 0.717) is 5.11 Å². The fourth-order valence-corrected chi connectivity index (χ4v) is 4.63. The molecule has 31 heavy (non-hydrogen) atoms. The molecular weight excluding hydrogens is 413 g/mol. The lowest BCUT2D eigenvalue weighted by Gasteiger charge is -2.28. The van der Waals surface area contributed by atoms with Crippen molar-refractivity contribution in [3.8, 4) is 0 Å². The van der Waals surface area contributed by atoms with Crippen molar-refractivity contribution in [3.63, 3.8) is 0 Å². The third-order valence-electron chi connectivity index (χ3n) is 5.59. The zero-order valence-corrected chi connectivity index (χ0v) is 17.8. The van der Waals surface area contributed by atoms with Gasteiger partial charge in [-0.1, -0.05) is 6.07 Å². The van der Waals surface area contributed by atoms with E-state index in [1.54, 1.807) is 31.0 Å². The largest absolute Gasteiger partial charge is 0.351 e. The highest BCUT2D eigenvalue weighted by molar-refractivity contribution is 7.80. The Balaban J connectivity index is 1.68. The quantitative estimate of drug-likeness (QED) is 0.495. The van der Waals surface area contributed by atoms with Gasteiger partial charge in [0, 0.05) is 28.8 Å². The molecule has 156 valence electrons. The second-order valence-corrected chi connectivity index (χ2v) is 7.84. The van der Waals surface area contributed by atoms with Gasteiger partial charge in [-0.25, -0.2) is 9.07 Å². The summed E-state index contributed by atoms with van der Waals surface area (Å²) in [7, 11) is 0. The first-order chi connectivity index (χ1) is 15.0. The smallest absolute Gasteiger partial charge is 0.174 e. The number of aryl methyl sites for hydroxylation is 1. The van der Waals surface area contributed by atoms with Gasteiger partial charge in [0.25, 0.3) is 0 Å². The summed E-state index contributed by atoms with van der Waals surface area (Å²) in [6.45, 7) is 4.09. The molecule has 7 nitrogen and oxygen atoms in total. The lowest BCUT2D eigenvalue weighted by atomic mass is 9.96. The van der Waals surface area contributed by atoms with Crippen molar-refractivity contribution in [1.82, 2.24) is 29.9 Å². The third kappa shape index (κ3) is 3.27. The molecule has 0 spiro atoms. The number of hydrogen-bond donors (Lipinski definition) is 1. The van der Waals surface area contributed by atoms with E-state index in [0.717, 1.165) is 28.3 Å². The highest BCUT2D eigenvalue weighted by atomic mass is 32.1. The van der Waals surface area contributed by atoms with Crippen LogP contribution in [0.1, 0.15) is 34.7 Å². The lowest BCUT2D eigenvalue weighted by Crippen LogP contribution is -2.29. The predicted molar refractivity (Wildman–Crippen MR) is 119 cm³/mol. The zero-order chi connectivity index (χ0) is 21.5. The number of rotatable bonds is 4. The number of halogens is 1. The Bertz CT molecular complexity index is 1220. The Morgan fingerprint density at radius 2 is 1.77 bits per heavy atom.